The molecule has 32 heavy (non-hydrogen) atoms. The largest absolute Gasteiger partial charge is 0.478 e. The van der Waals surface area contributed by atoms with Crippen LogP contribution in [0.25, 0.3) is 16.2 Å². The van der Waals surface area contributed by atoms with Crippen LogP contribution in [0.15, 0.2) is 89.6 Å². The first-order valence-corrected chi connectivity index (χ1v) is 10.9. The Labute approximate surface area is 192 Å². The summed E-state index contributed by atoms with van der Waals surface area (Å²) in [7, 11) is 0. The summed E-state index contributed by atoms with van der Waals surface area (Å²) >= 11 is 8.20. The van der Waals surface area contributed by atoms with Gasteiger partial charge in [0.2, 0.25) is 0 Å². The van der Waals surface area contributed by atoms with Crippen LogP contribution in [0.4, 0.5) is 5.69 Å². The Morgan fingerprint density at radius 1 is 0.969 bits per heavy atom. The Bertz CT molecular complexity index is 1420. The SMILES string of the molecule is O=C(O)c1ccc(/C=C2/N=C(c3sc4ccccc4c3Cl)N(c3ccccc3)C2=O)cc1. The smallest absolute Gasteiger partial charge is 0.335 e. The summed E-state index contributed by atoms with van der Waals surface area (Å²) in [5.74, 6) is -0.807. The molecule has 7 heteroatoms. The molecule has 1 N–H and O–H groups in total. The number of aromatic carboxylic acids is 1. The molecule has 1 amide bonds. The van der Waals surface area contributed by atoms with Gasteiger partial charge in [-0.25, -0.2) is 9.79 Å². The number of amides is 1. The number of benzene rings is 3. The molecule has 0 atom stereocenters. The van der Waals surface area contributed by atoms with Gasteiger partial charge in [-0.15, -0.1) is 11.3 Å². The minimum atomic E-state index is -1.00. The lowest BCUT2D eigenvalue weighted by Crippen LogP contribution is -2.32. The zero-order valence-corrected chi connectivity index (χ0v) is 18.1. The number of para-hydroxylation sites is 1. The van der Waals surface area contributed by atoms with Crippen molar-refractivity contribution in [3.05, 3.63) is 106 Å². The van der Waals surface area contributed by atoms with E-state index in [0.29, 0.717) is 22.1 Å². The van der Waals surface area contributed by atoms with Crippen LogP contribution in [0.5, 0.6) is 0 Å². The van der Waals surface area contributed by atoms with Crippen LogP contribution in [0.3, 0.4) is 0 Å². The number of aliphatic imine (C=N–C) groups is 1. The molecule has 1 aromatic heterocycles. The molecule has 5 rings (SSSR count). The van der Waals surface area contributed by atoms with E-state index in [0.717, 1.165) is 15.0 Å². The number of nitrogens with zero attached hydrogens (tertiary/aromatic N) is 2. The number of carbonyl (C=O) groups excluding carboxylic acids is 1. The molecule has 1 aliphatic rings. The number of thiophene rings is 1. The van der Waals surface area contributed by atoms with E-state index >= 15 is 0 Å². The number of amidine groups is 1. The summed E-state index contributed by atoms with van der Waals surface area (Å²) < 4.78 is 1.01. The lowest BCUT2D eigenvalue weighted by Gasteiger charge is -2.17. The number of halogens is 1. The first kappa shape index (κ1) is 20.2. The van der Waals surface area contributed by atoms with Crippen molar-refractivity contribution in [2.24, 2.45) is 4.99 Å². The summed E-state index contributed by atoms with van der Waals surface area (Å²) in [4.78, 5) is 31.5. The van der Waals surface area contributed by atoms with E-state index in [1.54, 1.807) is 23.1 Å². The molecule has 0 saturated heterocycles. The van der Waals surface area contributed by atoms with Crippen LogP contribution in [0, 0.1) is 0 Å². The minimum Gasteiger partial charge on any atom is -0.478 e. The van der Waals surface area contributed by atoms with Gasteiger partial charge in [0.25, 0.3) is 5.91 Å². The molecule has 0 saturated carbocycles. The van der Waals surface area contributed by atoms with Crippen molar-refractivity contribution in [3.63, 3.8) is 0 Å². The quantitative estimate of drug-likeness (QED) is 0.376. The maximum Gasteiger partial charge on any atom is 0.335 e. The van der Waals surface area contributed by atoms with Gasteiger partial charge in [0.05, 0.1) is 21.2 Å². The molecule has 0 radical (unpaired) electrons. The second kappa shape index (κ2) is 8.07. The molecule has 0 fully saturated rings. The molecule has 156 valence electrons. The third-order valence-electron chi connectivity index (χ3n) is 5.07. The van der Waals surface area contributed by atoms with Gasteiger partial charge in [0.1, 0.15) is 5.70 Å². The predicted molar refractivity (Wildman–Crippen MR) is 129 cm³/mol. The normalized spacial score (nSPS) is 14.9. The van der Waals surface area contributed by atoms with Crippen LogP contribution in [-0.4, -0.2) is 22.8 Å². The van der Waals surface area contributed by atoms with Crippen LogP contribution < -0.4 is 4.90 Å². The number of fused-ring (bicyclic) bond motifs is 1. The average Bonchev–Trinajstić information content (AvgIpc) is 3.31. The van der Waals surface area contributed by atoms with Crippen LogP contribution in [0.2, 0.25) is 5.02 Å². The number of rotatable bonds is 4. The molecule has 1 aliphatic heterocycles. The Hall–Kier alpha value is -3.74. The zero-order chi connectivity index (χ0) is 22.2. The molecule has 0 spiro atoms. The first-order chi connectivity index (χ1) is 15.5. The fourth-order valence-electron chi connectivity index (χ4n) is 3.52. The number of carbonyl (C=O) groups is 2. The van der Waals surface area contributed by atoms with Gasteiger partial charge >= 0.3 is 5.97 Å². The summed E-state index contributed by atoms with van der Waals surface area (Å²) in [5, 5.41) is 10.6. The van der Waals surface area contributed by atoms with Gasteiger partial charge in [-0.3, -0.25) is 9.69 Å². The van der Waals surface area contributed by atoms with Gasteiger partial charge in [-0.1, -0.05) is 60.1 Å². The third kappa shape index (κ3) is 3.49. The van der Waals surface area contributed by atoms with Crippen molar-refractivity contribution in [3.8, 4) is 0 Å². The van der Waals surface area contributed by atoms with Gasteiger partial charge in [0.15, 0.2) is 5.84 Å². The highest BCUT2D eigenvalue weighted by atomic mass is 35.5. The fourth-order valence-corrected chi connectivity index (χ4v) is 5.02. The number of carboxylic acids is 1. The summed E-state index contributed by atoms with van der Waals surface area (Å²) in [6.45, 7) is 0. The summed E-state index contributed by atoms with van der Waals surface area (Å²) in [5.41, 5.74) is 1.80. The van der Waals surface area contributed by atoms with Crippen LogP contribution >= 0.6 is 22.9 Å². The van der Waals surface area contributed by atoms with E-state index in [1.807, 2.05) is 54.6 Å². The number of carboxylic acid groups (broad SMARTS) is 1. The summed E-state index contributed by atoms with van der Waals surface area (Å²) in [6.07, 6.45) is 1.65. The van der Waals surface area contributed by atoms with E-state index in [4.69, 9.17) is 16.7 Å². The van der Waals surface area contributed by atoms with Crippen molar-refractivity contribution < 1.29 is 14.7 Å². The van der Waals surface area contributed by atoms with E-state index in [9.17, 15) is 9.59 Å². The van der Waals surface area contributed by atoms with Gasteiger partial charge in [-0.2, -0.15) is 0 Å². The van der Waals surface area contributed by atoms with E-state index in [2.05, 4.69) is 4.99 Å². The Balaban J connectivity index is 1.64. The Morgan fingerprint density at radius 2 is 1.66 bits per heavy atom. The molecule has 2 heterocycles. The average molecular weight is 459 g/mol. The molecule has 4 aromatic rings. The molecular weight excluding hydrogens is 444 g/mol. The second-order valence-electron chi connectivity index (χ2n) is 7.11. The molecular formula is C25H15ClN2O3S. The van der Waals surface area contributed by atoms with Gasteiger partial charge in [0, 0.05) is 10.1 Å². The van der Waals surface area contributed by atoms with E-state index in [-0.39, 0.29) is 17.2 Å². The maximum atomic E-state index is 13.4. The van der Waals surface area contributed by atoms with Gasteiger partial charge < -0.3 is 5.11 Å². The number of hydrogen-bond acceptors (Lipinski definition) is 4. The predicted octanol–water partition coefficient (Wildman–Crippen LogP) is 6.09. The Kier molecular flexibility index (Phi) is 5.09. The highest BCUT2D eigenvalue weighted by Crippen LogP contribution is 2.39. The van der Waals surface area contributed by atoms with E-state index < -0.39 is 5.97 Å². The standard InChI is InChI=1S/C25H15ClN2O3S/c26-21-18-8-4-5-9-20(18)32-22(21)23-27-19(14-15-10-12-16(13-11-15)25(30)31)24(29)28(23)17-6-2-1-3-7-17/h1-14H,(H,30,31)/b19-14+. The number of hydrogen-bond donors (Lipinski definition) is 1. The second-order valence-corrected chi connectivity index (χ2v) is 8.54. The topological polar surface area (TPSA) is 70.0 Å². The molecule has 3 aromatic carbocycles. The van der Waals surface area contributed by atoms with Crippen molar-refractivity contribution >= 4 is 62.5 Å². The number of anilines is 1. The van der Waals surface area contributed by atoms with Crippen molar-refractivity contribution in [1.82, 2.24) is 0 Å². The molecule has 0 aliphatic carbocycles. The summed E-state index contributed by atoms with van der Waals surface area (Å²) in [6, 6.07) is 23.4. The molecule has 0 unspecified atom stereocenters. The van der Waals surface area contributed by atoms with E-state index in [1.165, 1.54) is 23.5 Å². The minimum absolute atomic E-state index is 0.178. The first-order valence-electron chi connectivity index (χ1n) is 9.73. The highest BCUT2D eigenvalue weighted by molar-refractivity contribution is 7.21. The van der Waals surface area contributed by atoms with Crippen LogP contribution in [-0.2, 0) is 4.79 Å². The molecule has 0 bridgehead atoms. The highest BCUT2D eigenvalue weighted by Gasteiger charge is 2.34. The van der Waals surface area contributed by atoms with Crippen molar-refractivity contribution in [2.45, 2.75) is 0 Å². The van der Waals surface area contributed by atoms with Crippen LogP contribution in [0.1, 0.15) is 20.8 Å². The third-order valence-corrected chi connectivity index (χ3v) is 6.75. The van der Waals surface area contributed by atoms with Crippen molar-refractivity contribution in [2.75, 3.05) is 4.90 Å². The Morgan fingerprint density at radius 3 is 2.34 bits per heavy atom. The fraction of sp³-hybridized carbons (Fsp3) is 0. The molecule has 5 nitrogen and oxygen atoms in total. The maximum absolute atomic E-state index is 13.4. The van der Waals surface area contributed by atoms with Gasteiger partial charge in [-0.05, 0) is 42.0 Å². The van der Waals surface area contributed by atoms with Crippen molar-refractivity contribution in [1.29, 1.82) is 0 Å². The monoisotopic (exact) mass is 458 g/mol. The lowest BCUT2D eigenvalue weighted by molar-refractivity contribution is -0.113. The lowest BCUT2D eigenvalue weighted by atomic mass is 10.1. The zero-order valence-electron chi connectivity index (χ0n) is 16.5.